The molecule has 12 aromatic rings. The molecule has 59 heavy (non-hydrogen) atoms. The monoisotopic (exact) mass is 756 g/mol. The fourth-order valence-electron chi connectivity index (χ4n) is 9.39. The van der Waals surface area contributed by atoms with Crippen LogP contribution in [0.4, 0.5) is 0 Å². The molecule has 1 atom stereocenters. The number of benzene rings is 9. The summed E-state index contributed by atoms with van der Waals surface area (Å²) >= 11 is 0. The lowest BCUT2D eigenvalue weighted by Crippen LogP contribution is -2.33. The molecule has 6 nitrogen and oxygen atoms in total. The molecule has 4 heterocycles. The number of hydrogen-bond acceptors (Lipinski definition) is 5. The largest absolute Gasteiger partial charge is 0.456 e. The molecule has 0 saturated carbocycles. The van der Waals surface area contributed by atoms with Crippen LogP contribution in [0.3, 0.4) is 0 Å². The zero-order valence-corrected chi connectivity index (χ0v) is 31.6. The lowest BCUT2D eigenvalue weighted by Gasteiger charge is -2.25. The highest BCUT2D eigenvalue weighted by Gasteiger charge is 2.27. The highest BCUT2D eigenvalue weighted by atomic mass is 16.3. The summed E-state index contributed by atoms with van der Waals surface area (Å²) in [6, 6.07) is 63.8. The molecule has 0 saturated heterocycles. The summed E-state index contributed by atoms with van der Waals surface area (Å²) < 4.78 is 15.5. The van der Waals surface area contributed by atoms with E-state index < -0.39 is 6.17 Å². The molecular formula is C53H32N4O2. The van der Waals surface area contributed by atoms with Gasteiger partial charge in [-0.25, -0.2) is 9.98 Å². The first-order chi connectivity index (χ1) is 29.2. The first kappa shape index (κ1) is 32.2. The topological polar surface area (TPSA) is 68.0 Å². The lowest BCUT2D eigenvalue weighted by atomic mass is 10.0. The second-order valence-corrected chi connectivity index (χ2v) is 15.3. The molecule has 0 amide bonds. The lowest BCUT2D eigenvalue weighted by molar-refractivity contribution is 0.667. The highest BCUT2D eigenvalue weighted by Crippen LogP contribution is 2.41. The second-order valence-electron chi connectivity index (χ2n) is 15.3. The summed E-state index contributed by atoms with van der Waals surface area (Å²) in [5, 5.41) is 15.0. The van der Waals surface area contributed by atoms with Gasteiger partial charge in [0.25, 0.3) is 0 Å². The number of para-hydroxylation sites is 3. The van der Waals surface area contributed by atoms with Gasteiger partial charge >= 0.3 is 0 Å². The van der Waals surface area contributed by atoms with Gasteiger partial charge < -0.3 is 18.7 Å². The summed E-state index contributed by atoms with van der Waals surface area (Å²) in [6.45, 7) is 0. The van der Waals surface area contributed by atoms with Crippen LogP contribution >= 0.6 is 0 Å². The molecule has 0 radical (unpaired) electrons. The Balaban J connectivity index is 1.11. The third kappa shape index (κ3) is 4.80. The van der Waals surface area contributed by atoms with Gasteiger partial charge in [0, 0.05) is 43.6 Å². The number of nitrogens with zero attached hydrogens (tertiary/aromatic N) is 3. The standard InChI is InChI=1S/C53H32N4O2/c1-2-15-33-28-43-41(27-32(33)14-1)36-18-5-8-23-42(36)57(43)44-29-34(30-48-50(44)39-20-7-10-25-46(39)59-48)51-54-52(37-21-11-16-31-13-3-4-17-35(31)37)56-53(55-51)40-22-12-26-47-49(40)38-19-6-9-24-45(38)58-47/h1-30,52H,(H,54,55,56). The molecule has 0 spiro atoms. The van der Waals surface area contributed by atoms with E-state index in [1.165, 1.54) is 21.5 Å². The molecule has 1 aliphatic heterocycles. The fourth-order valence-corrected chi connectivity index (χ4v) is 9.39. The Morgan fingerprint density at radius 3 is 1.92 bits per heavy atom. The first-order valence-corrected chi connectivity index (χ1v) is 19.9. The summed E-state index contributed by atoms with van der Waals surface area (Å²) in [5.41, 5.74) is 9.38. The van der Waals surface area contributed by atoms with Gasteiger partial charge in [-0.1, -0.05) is 133 Å². The van der Waals surface area contributed by atoms with Crippen LogP contribution in [-0.2, 0) is 0 Å². The summed E-state index contributed by atoms with van der Waals surface area (Å²) in [7, 11) is 0. The van der Waals surface area contributed by atoms with Crippen LogP contribution in [0.5, 0.6) is 0 Å². The second kappa shape index (κ2) is 12.3. The molecule has 13 rings (SSSR count). The Morgan fingerprint density at radius 1 is 0.458 bits per heavy atom. The van der Waals surface area contributed by atoms with Gasteiger partial charge in [-0.3, -0.25) is 0 Å². The van der Waals surface area contributed by atoms with Crippen molar-refractivity contribution in [1.82, 2.24) is 9.88 Å². The number of aromatic nitrogens is 1. The van der Waals surface area contributed by atoms with Gasteiger partial charge in [0.2, 0.25) is 0 Å². The number of fused-ring (bicyclic) bond motifs is 11. The van der Waals surface area contributed by atoms with E-state index in [1.54, 1.807) is 0 Å². The Hall–Kier alpha value is -7.96. The molecule has 276 valence electrons. The molecule has 0 bridgehead atoms. The average Bonchev–Trinajstić information content (AvgIpc) is 3.97. The Bertz CT molecular complexity index is 3780. The molecule has 1 unspecified atom stereocenters. The number of amidine groups is 2. The number of furan rings is 2. The molecule has 6 heteroatoms. The third-order valence-electron chi connectivity index (χ3n) is 12.0. The first-order valence-electron chi connectivity index (χ1n) is 19.9. The predicted octanol–water partition coefficient (Wildman–Crippen LogP) is 13.4. The van der Waals surface area contributed by atoms with Crippen molar-refractivity contribution in [3.63, 3.8) is 0 Å². The van der Waals surface area contributed by atoms with Crippen molar-refractivity contribution in [1.29, 1.82) is 0 Å². The zero-order valence-electron chi connectivity index (χ0n) is 31.6. The van der Waals surface area contributed by atoms with Crippen molar-refractivity contribution in [2.75, 3.05) is 0 Å². The Kier molecular flexibility index (Phi) is 6.69. The number of aliphatic imine (C=N–C) groups is 2. The van der Waals surface area contributed by atoms with Gasteiger partial charge in [0.05, 0.1) is 22.1 Å². The van der Waals surface area contributed by atoms with E-state index in [4.69, 9.17) is 18.8 Å². The molecular weight excluding hydrogens is 725 g/mol. The van der Waals surface area contributed by atoms with E-state index in [0.29, 0.717) is 11.7 Å². The van der Waals surface area contributed by atoms with Crippen LogP contribution in [-0.4, -0.2) is 16.2 Å². The maximum atomic E-state index is 6.75. The van der Waals surface area contributed by atoms with Crippen molar-refractivity contribution < 1.29 is 8.83 Å². The van der Waals surface area contributed by atoms with E-state index >= 15 is 0 Å². The van der Waals surface area contributed by atoms with Crippen molar-refractivity contribution in [2.24, 2.45) is 9.98 Å². The predicted molar refractivity (Wildman–Crippen MR) is 242 cm³/mol. The van der Waals surface area contributed by atoms with E-state index in [0.717, 1.165) is 88.1 Å². The van der Waals surface area contributed by atoms with E-state index in [-0.39, 0.29) is 0 Å². The van der Waals surface area contributed by atoms with Crippen molar-refractivity contribution in [2.45, 2.75) is 6.17 Å². The maximum absolute atomic E-state index is 6.75. The van der Waals surface area contributed by atoms with Gasteiger partial charge in [-0.05, 0) is 70.1 Å². The molecule has 3 aromatic heterocycles. The minimum absolute atomic E-state index is 0.438. The minimum atomic E-state index is -0.438. The maximum Gasteiger partial charge on any atom is 0.160 e. The smallest absolute Gasteiger partial charge is 0.160 e. The van der Waals surface area contributed by atoms with Crippen LogP contribution in [0.25, 0.3) is 92.9 Å². The average molecular weight is 757 g/mol. The van der Waals surface area contributed by atoms with Crippen LogP contribution in [0.2, 0.25) is 0 Å². The fraction of sp³-hybridized carbons (Fsp3) is 0.0189. The van der Waals surface area contributed by atoms with Gasteiger partial charge in [0.1, 0.15) is 34.3 Å². The number of hydrogen-bond donors (Lipinski definition) is 1. The van der Waals surface area contributed by atoms with Crippen molar-refractivity contribution in [3.8, 4) is 5.69 Å². The Labute approximate surface area is 336 Å². The summed E-state index contributed by atoms with van der Waals surface area (Å²) in [4.78, 5) is 10.8. The van der Waals surface area contributed by atoms with Crippen molar-refractivity contribution >= 4 is 98.9 Å². The zero-order chi connectivity index (χ0) is 38.6. The normalized spacial score (nSPS) is 14.6. The molecule has 1 N–H and O–H groups in total. The summed E-state index contributed by atoms with van der Waals surface area (Å²) in [6.07, 6.45) is -0.438. The van der Waals surface area contributed by atoms with Gasteiger partial charge in [-0.2, -0.15) is 0 Å². The SMILES string of the molecule is c1ccc2cc3c(cc2c1)c1ccccc1n3-c1cc(C2=NC(c3cccc4oc5ccccc5c34)=NC(c3cccc4ccccc34)N2)cc2oc3ccccc3c12. The van der Waals surface area contributed by atoms with E-state index in [9.17, 15) is 0 Å². The van der Waals surface area contributed by atoms with Crippen LogP contribution in [0, 0.1) is 0 Å². The number of nitrogens with one attached hydrogen (secondary N) is 1. The van der Waals surface area contributed by atoms with Crippen LogP contribution < -0.4 is 5.32 Å². The third-order valence-corrected chi connectivity index (χ3v) is 12.0. The van der Waals surface area contributed by atoms with E-state index in [1.807, 2.05) is 42.5 Å². The van der Waals surface area contributed by atoms with E-state index in [2.05, 4.69) is 149 Å². The quantitative estimate of drug-likeness (QED) is 0.194. The Morgan fingerprint density at radius 2 is 1.08 bits per heavy atom. The summed E-state index contributed by atoms with van der Waals surface area (Å²) in [5.74, 6) is 1.33. The van der Waals surface area contributed by atoms with Gasteiger partial charge in [-0.15, -0.1) is 0 Å². The van der Waals surface area contributed by atoms with Crippen LogP contribution in [0.1, 0.15) is 22.9 Å². The molecule has 9 aromatic carbocycles. The highest BCUT2D eigenvalue weighted by molar-refractivity contribution is 6.23. The molecule has 0 aliphatic carbocycles. The number of rotatable bonds is 4. The van der Waals surface area contributed by atoms with Gasteiger partial charge in [0.15, 0.2) is 5.84 Å². The van der Waals surface area contributed by atoms with Crippen molar-refractivity contribution in [3.05, 3.63) is 199 Å². The molecule has 0 fully saturated rings. The van der Waals surface area contributed by atoms with Crippen LogP contribution in [0.15, 0.2) is 201 Å². The molecule has 1 aliphatic rings. The minimum Gasteiger partial charge on any atom is -0.456 e.